The zero-order valence-electron chi connectivity index (χ0n) is 10.6. The summed E-state index contributed by atoms with van der Waals surface area (Å²) in [7, 11) is -3.72. The van der Waals surface area contributed by atoms with Gasteiger partial charge < -0.3 is 5.11 Å². The van der Waals surface area contributed by atoms with Crippen LogP contribution < -0.4 is 4.72 Å². The largest absolute Gasteiger partial charge is 0.505 e. The Morgan fingerprint density at radius 2 is 1.85 bits per heavy atom. The second kappa shape index (κ2) is 5.67. The van der Waals surface area contributed by atoms with Gasteiger partial charge in [0.15, 0.2) is 0 Å². The van der Waals surface area contributed by atoms with Gasteiger partial charge in [0.2, 0.25) is 0 Å². The van der Waals surface area contributed by atoms with Gasteiger partial charge in [-0.2, -0.15) is 0 Å². The summed E-state index contributed by atoms with van der Waals surface area (Å²) >= 11 is 7.61. The first-order valence-electron chi connectivity index (χ1n) is 5.48. The summed E-state index contributed by atoms with van der Waals surface area (Å²) in [6.07, 6.45) is 0. The molecule has 0 fully saturated rings. The van der Waals surface area contributed by atoms with Crippen molar-refractivity contribution >= 4 is 58.9 Å². The fourth-order valence-corrected chi connectivity index (χ4v) is 5.57. The van der Waals surface area contributed by atoms with Gasteiger partial charge in [-0.3, -0.25) is 4.72 Å². The van der Waals surface area contributed by atoms with Crippen LogP contribution in [0.25, 0.3) is 0 Å². The van der Waals surface area contributed by atoms with E-state index in [4.69, 9.17) is 0 Å². The summed E-state index contributed by atoms with van der Waals surface area (Å²) in [5, 5.41) is 9.95. The van der Waals surface area contributed by atoms with E-state index in [0.29, 0.717) is 13.8 Å². The lowest BCUT2D eigenvalue weighted by atomic mass is 10.1. The highest BCUT2D eigenvalue weighted by Gasteiger charge is 2.20. The number of sulfonamides is 1. The number of benzene rings is 1. The number of thiophene rings is 1. The first kappa shape index (κ1) is 15.8. The van der Waals surface area contributed by atoms with Crippen LogP contribution in [0.2, 0.25) is 0 Å². The predicted octanol–water partition coefficient (Wildman–Crippen LogP) is 4.40. The molecule has 1 heterocycles. The van der Waals surface area contributed by atoms with Crippen molar-refractivity contribution < 1.29 is 13.5 Å². The molecule has 0 amide bonds. The molecule has 0 atom stereocenters. The van der Waals surface area contributed by atoms with Crippen LogP contribution in [0, 0.1) is 13.8 Å². The molecule has 2 rings (SSSR count). The summed E-state index contributed by atoms with van der Waals surface area (Å²) in [6, 6.07) is 4.89. The molecule has 0 aliphatic heterocycles. The molecule has 2 N–H and O–H groups in total. The van der Waals surface area contributed by atoms with Crippen molar-refractivity contribution in [3.8, 4) is 5.75 Å². The highest BCUT2D eigenvalue weighted by molar-refractivity contribution is 9.13. The van der Waals surface area contributed by atoms with E-state index in [2.05, 4.69) is 36.6 Å². The molecule has 0 radical (unpaired) electrons. The SMILES string of the molecule is Cc1cc(C)c(O)c(NS(=O)(=O)c2cc(Br)c(Br)s2)c1. The molecule has 1 aromatic carbocycles. The lowest BCUT2D eigenvalue weighted by Gasteiger charge is -2.11. The third-order valence-electron chi connectivity index (χ3n) is 2.58. The lowest BCUT2D eigenvalue weighted by Crippen LogP contribution is -2.12. The second-order valence-corrected chi connectivity index (χ2v) is 9.40. The molecule has 0 aliphatic rings. The highest BCUT2D eigenvalue weighted by Crippen LogP contribution is 2.37. The molecule has 2 aromatic rings. The molecular formula is C12H11Br2NO3S2. The van der Waals surface area contributed by atoms with Gasteiger partial charge in [-0.05, 0) is 69.0 Å². The number of aryl methyl sites for hydroxylation is 2. The van der Waals surface area contributed by atoms with Crippen molar-refractivity contribution in [3.05, 3.63) is 37.6 Å². The first-order chi connectivity index (χ1) is 9.20. The van der Waals surface area contributed by atoms with Crippen molar-refractivity contribution in [2.45, 2.75) is 18.1 Å². The van der Waals surface area contributed by atoms with Gasteiger partial charge in [0.25, 0.3) is 10.0 Å². The zero-order chi connectivity index (χ0) is 15.1. The summed E-state index contributed by atoms with van der Waals surface area (Å²) in [6.45, 7) is 3.56. The van der Waals surface area contributed by atoms with Crippen molar-refractivity contribution in [2.75, 3.05) is 4.72 Å². The fraction of sp³-hybridized carbons (Fsp3) is 0.167. The number of phenolic OH excluding ortho intramolecular Hbond substituents is 1. The second-order valence-electron chi connectivity index (χ2n) is 4.27. The smallest absolute Gasteiger partial charge is 0.271 e. The van der Waals surface area contributed by atoms with Crippen LogP contribution in [0.4, 0.5) is 5.69 Å². The average molecular weight is 441 g/mol. The number of rotatable bonds is 3. The molecule has 0 spiro atoms. The Bertz CT molecular complexity index is 750. The van der Waals surface area contributed by atoms with Crippen molar-refractivity contribution in [1.29, 1.82) is 0 Å². The summed E-state index contributed by atoms with van der Waals surface area (Å²) in [5.41, 5.74) is 1.67. The molecular weight excluding hydrogens is 430 g/mol. The maximum absolute atomic E-state index is 12.3. The minimum absolute atomic E-state index is 0.0612. The molecule has 1 aromatic heterocycles. The molecule has 0 saturated carbocycles. The minimum Gasteiger partial charge on any atom is -0.505 e. The van der Waals surface area contributed by atoms with Gasteiger partial charge in [0, 0.05) is 4.47 Å². The van der Waals surface area contributed by atoms with E-state index in [9.17, 15) is 13.5 Å². The van der Waals surface area contributed by atoms with Crippen LogP contribution in [0.15, 0.2) is 30.7 Å². The van der Waals surface area contributed by atoms with E-state index in [-0.39, 0.29) is 15.6 Å². The molecule has 4 nitrogen and oxygen atoms in total. The number of nitrogens with one attached hydrogen (secondary N) is 1. The fourth-order valence-electron chi connectivity index (χ4n) is 1.69. The lowest BCUT2D eigenvalue weighted by molar-refractivity contribution is 0.473. The highest BCUT2D eigenvalue weighted by atomic mass is 79.9. The Morgan fingerprint density at radius 1 is 1.20 bits per heavy atom. The Balaban J connectivity index is 2.43. The molecule has 20 heavy (non-hydrogen) atoms. The average Bonchev–Trinajstić information content (AvgIpc) is 2.66. The van der Waals surface area contributed by atoms with Gasteiger partial charge >= 0.3 is 0 Å². The van der Waals surface area contributed by atoms with E-state index in [1.54, 1.807) is 19.1 Å². The standard InChI is InChI=1S/C12H11Br2NO3S2/c1-6-3-7(2)11(16)9(4-6)15-20(17,18)10-5-8(13)12(14)19-10/h3-5,15-16H,1-2H3. The molecule has 0 bridgehead atoms. The number of phenols is 1. The van der Waals surface area contributed by atoms with Gasteiger partial charge in [0.05, 0.1) is 9.47 Å². The Labute approximate surface area is 138 Å². The van der Waals surface area contributed by atoms with E-state index in [1.807, 2.05) is 6.92 Å². The normalized spacial score (nSPS) is 11.6. The van der Waals surface area contributed by atoms with Crippen molar-refractivity contribution in [1.82, 2.24) is 0 Å². The topological polar surface area (TPSA) is 66.4 Å². The molecule has 108 valence electrons. The van der Waals surface area contributed by atoms with E-state index in [1.165, 1.54) is 6.07 Å². The molecule has 0 unspecified atom stereocenters. The molecule has 0 saturated heterocycles. The zero-order valence-corrected chi connectivity index (χ0v) is 15.4. The number of hydrogen-bond acceptors (Lipinski definition) is 4. The summed E-state index contributed by atoms with van der Waals surface area (Å²) in [4.78, 5) is 0. The monoisotopic (exact) mass is 439 g/mol. The van der Waals surface area contributed by atoms with E-state index in [0.717, 1.165) is 16.9 Å². The van der Waals surface area contributed by atoms with E-state index >= 15 is 0 Å². The summed E-state index contributed by atoms with van der Waals surface area (Å²) < 4.78 is 28.5. The maximum Gasteiger partial charge on any atom is 0.271 e. The van der Waals surface area contributed by atoms with Gasteiger partial charge in [-0.1, -0.05) is 6.07 Å². The minimum atomic E-state index is -3.72. The van der Waals surface area contributed by atoms with E-state index < -0.39 is 10.0 Å². The van der Waals surface area contributed by atoms with Crippen LogP contribution in [0.1, 0.15) is 11.1 Å². The van der Waals surface area contributed by atoms with Crippen LogP contribution in [0.3, 0.4) is 0 Å². The number of anilines is 1. The Morgan fingerprint density at radius 3 is 2.40 bits per heavy atom. The van der Waals surface area contributed by atoms with Crippen molar-refractivity contribution in [3.63, 3.8) is 0 Å². The quantitative estimate of drug-likeness (QED) is 0.695. The third-order valence-corrected chi connectivity index (χ3v) is 7.67. The Hall–Kier alpha value is -0.570. The first-order valence-corrected chi connectivity index (χ1v) is 9.37. The Kier molecular flexibility index (Phi) is 4.48. The number of aromatic hydroxyl groups is 1. The molecule has 8 heteroatoms. The number of hydrogen-bond donors (Lipinski definition) is 2. The predicted molar refractivity (Wildman–Crippen MR) is 88.1 cm³/mol. The van der Waals surface area contributed by atoms with Crippen LogP contribution >= 0.6 is 43.2 Å². The number of halogens is 2. The van der Waals surface area contributed by atoms with Gasteiger partial charge in [0.1, 0.15) is 9.96 Å². The summed E-state index contributed by atoms with van der Waals surface area (Å²) in [5.74, 6) is -0.0612. The maximum atomic E-state index is 12.3. The third kappa shape index (κ3) is 3.19. The van der Waals surface area contributed by atoms with Crippen LogP contribution in [-0.2, 0) is 10.0 Å². The van der Waals surface area contributed by atoms with Crippen LogP contribution in [0.5, 0.6) is 5.75 Å². The van der Waals surface area contributed by atoms with Crippen molar-refractivity contribution in [2.24, 2.45) is 0 Å². The molecule has 0 aliphatic carbocycles. The van der Waals surface area contributed by atoms with Crippen LogP contribution in [-0.4, -0.2) is 13.5 Å². The van der Waals surface area contributed by atoms with Gasteiger partial charge in [-0.25, -0.2) is 8.42 Å². The van der Waals surface area contributed by atoms with Gasteiger partial charge in [-0.15, -0.1) is 11.3 Å².